The molecule has 2 heterocycles. The molecule has 0 N–H and O–H groups in total. The van der Waals surface area contributed by atoms with E-state index in [2.05, 4.69) is 0 Å². The fourth-order valence-electron chi connectivity index (χ4n) is 1.95. The lowest BCUT2D eigenvalue weighted by atomic mass is 9.87. The van der Waals surface area contributed by atoms with Gasteiger partial charge in [-0.2, -0.15) is 13.2 Å². The highest BCUT2D eigenvalue weighted by molar-refractivity contribution is 7.10. The van der Waals surface area contributed by atoms with Crippen molar-refractivity contribution in [2.45, 2.75) is 51.5 Å². The summed E-state index contributed by atoms with van der Waals surface area (Å²) in [7, 11) is -1.14. The van der Waals surface area contributed by atoms with Gasteiger partial charge in [0.15, 0.2) is 0 Å². The van der Waals surface area contributed by atoms with Crippen LogP contribution >= 0.6 is 11.3 Å². The molecule has 0 bridgehead atoms. The maximum atomic E-state index is 14.2. The molecule has 1 aromatic heterocycles. The third-order valence-electron chi connectivity index (χ3n) is 3.83. The van der Waals surface area contributed by atoms with E-state index in [-0.39, 0.29) is 4.88 Å². The summed E-state index contributed by atoms with van der Waals surface area (Å²) in [6.07, 6.45) is -4.13. The SMILES string of the molecule is CC1(C)OB(C(F)=Cc2csc(CC(F)(F)F)c2)OC1(C)C. The van der Waals surface area contributed by atoms with Crippen molar-refractivity contribution < 1.29 is 26.9 Å². The summed E-state index contributed by atoms with van der Waals surface area (Å²) in [5.41, 5.74) is -1.62. The van der Waals surface area contributed by atoms with Crippen LogP contribution in [-0.4, -0.2) is 24.5 Å². The Balaban J connectivity index is 2.11. The Morgan fingerprint density at radius 3 is 2.27 bits per heavy atom. The molecule has 0 aromatic carbocycles. The number of halogens is 4. The summed E-state index contributed by atoms with van der Waals surface area (Å²) in [5.74, 6) is 0. The minimum atomic E-state index is -4.27. The van der Waals surface area contributed by atoms with E-state index < -0.39 is 36.6 Å². The number of alkyl halides is 3. The largest absolute Gasteiger partial charge is 0.525 e. The predicted molar refractivity (Wildman–Crippen MR) is 79.2 cm³/mol. The third kappa shape index (κ3) is 3.91. The minimum Gasteiger partial charge on any atom is -0.398 e. The lowest BCUT2D eigenvalue weighted by Crippen LogP contribution is -2.41. The first-order valence-electron chi connectivity index (χ1n) is 6.76. The molecule has 1 fully saturated rings. The molecule has 1 aliphatic rings. The van der Waals surface area contributed by atoms with Gasteiger partial charge in [-0.3, -0.25) is 0 Å². The molecule has 0 unspecified atom stereocenters. The Bertz CT molecular complexity index is 562. The average molecular weight is 336 g/mol. The van der Waals surface area contributed by atoms with Crippen LogP contribution in [0.15, 0.2) is 17.2 Å². The molecule has 22 heavy (non-hydrogen) atoms. The van der Waals surface area contributed by atoms with Crippen LogP contribution < -0.4 is 0 Å². The van der Waals surface area contributed by atoms with Crippen LogP contribution in [0.1, 0.15) is 38.1 Å². The number of hydrogen-bond donors (Lipinski definition) is 0. The molecule has 2 nitrogen and oxygen atoms in total. The Hall–Kier alpha value is -0.855. The fraction of sp³-hybridized carbons (Fsp3) is 0.571. The number of hydrogen-bond acceptors (Lipinski definition) is 3. The zero-order valence-electron chi connectivity index (χ0n) is 12.8. The maximum absolute atomic E-state index is 14.2. The smallest absolute Gasteiger partial charge is 0.398 e. The van der Waals surface area contributed by atoms with Crippen molar-refractivity contribution in [1.29, 1.82) is 0 Å². The monoisotopic (exact) mass is 336 g/mol. The van der Waals surface area contributed by atoms with E-state index in [0.717, 1.165) is 17.4 Å². The van der Waals surface area contributed by atoms with E-state index in [4.69, 9.17) is 9.31 Å². The van der Waals surface area contributed by atoms with Gasteiger partial charge in [0.25, 0.3) is 0 Å². The molecule has 0 atom stereocenters. The highest BCUT2D eigenvalue weighted by Crippen LogP contribution is 2.39. The molecule has 1 aliphatic heterocycles. The van der Waals surface area contributed by atoms with Crippen LogP contribution in [0.5, 0.6) is 0 Å². The molecule has 0 spiro atoms. The molecule has 2 rings (SSSR count). The van der Waals surface area contributed by atoms with E-state index >= 15 is 0 Å². The van der Waals surface area contributed by atoms with Crippen molar-refractivity contribution in [3.63, 3.8) is 0 Å². The molecular weight excluding hydrogens is 319 g/mol. The molecule has 0 radical (unpaired) electrons. The first kappa shape index (κ1) is 17.5. The molecule has 0 aliphatic carbocycles. The summed E-state index contributed by atoms with van der Waals surface area (Å²) < 4.78 is 62.2. The van der Waals surface area contributed by atoms with Crippen LogP contribution in [0.4, 0.5) is 17.6 Å². The van der Waals surface area contributed by atoms with Gasteiger partial charge in [-0.1, -0.05) is 0 Å². The van der Waals surface area contributed by atoms with Crippen LogP contribution in [0.2, 0.25) is 0 Å². The summed E-state index contributed by atoms with van der Waals surface area (Å²) in [5, 5.41) is 1.48. The van der Waals surface area contributed by atoms with E-state index in [0.29, 0.717) is 5.56 Å². The maximum Gasteiger partial charge on any atom is 0.525 e. The van der Waals surface area contributed by atoms with Crippen molar-refractivity contribution in [1.82, 2.24) is 0 Å². The number of thiophene rings is 1. The summed E-state index contributed by atoms with van der Waals surface area (Å²) in [4.78, 5) is 0.139. The molecule has 0 amide bonds. The van der Waals surface area contributed by atoms with E-state index in [1.165, 1.54) is 11.4 Å². The molecule has 0 saturated carbocycles. The quantitative estimate of drug-likeness (QED) is 0.583. The summed E-state index contributed by atoms with van der Waals surface area (Å²) in [6.45, 7) is 7.19. The molecule has 1 saturated heterocycles. The Labute approximate surface area is 131 Å². The zero-order chi connectivity index (χ0) is 16.8. The third-order valence-corrected chi connectivity index (χ3v) is 4.79. The highest BCUT2D eigenvalue weighted by Gasteiger charge is 2.53. The molecule has 8 heteroatoms. The first-order chi connectivity index (χ1) is 9.90. The standard InChI is InChI=1S/C14H17BF4O2S/c1-12(2)13(3,4)21-15(20-12)11(16)6-9-5-10(22-8-9)7-14(17,18)19/h5-6,8H,7H2,1-4H3. The van der Waals surface area contributed by atoms with Gasteiger partial charge in [0.1, 0.15) is 5.73 Å². The highest BCUT2D eigenvalue weighted by atomic mass is 32.1. The molecular formula is C14H17BF4O2S. The van der Waals surface area contributed by atoms with Gasteiger partial charge in [0, 0.05) is 4.88 Å². The van der Waals surface area contributed by atoms with E-state index in [1.54, 1.807) is 27.7 Å². The molecule has 122 valence electrons. The topological polar surface area (TPSA) is 18.5 Å². The average Bonchev–Trinajstić information content (AvgIpc) is 2.80. The van der Waals surface area contributed by atoms with Crippen LogP contribution in [0, 0.1) is 0 Å². The van der Waals surface area contributed by atoms with Crippen molar-refractivity contribution in [3.8, 4) is 0 Å². The van der Waals surface area contributed by atoms with Crippen molar-refractivity contribution in [3.05, 3.63) is 27.6 Å². The fourth-order valence-corrected chi connectivity index (χ4v) is 2.82. The number of rotatable bonds is 3. The van der Waals surface area contributed by atoms with Crippen LogP contribution in [0.25, 0.3) is 6.08 Å². The van der Waals surface area contributed by atoms with Gasteiger partial charge in [-0.25, -0.2) is 4.39 Å². The Morgan fingerprint density at radius 2 is 1.77 bits per heavy atom. The summed E-state index contributed by atoms with van der Waals surface area (Å²) >= 11 is 0.948. The van der Waals surface area contributed by atoms with Crippen LogP contribution in [-0.2, 0) is 15.7 Å². The second-order valence-electron chi connectivity index (χ2n) is 6.26. The van der Waals surface area contributed by atoms with Crippen molar-refractivity contribution >= 4 is 24.5 Å². The molecule has 1 aromatic rings. The van der Waals surface area contributed by atoms with Crippen LogP contribution in [0.3, 0.4) is 0 Å². The van der Waals surface area contributed by atoms with Gasteiger partial charge < -0.3 is 9.31 Å². The lowest BCUT2D eigenvalue weighted by molar-refractivity contribution is -0.126. The van der Waals surface area contributed by atoms with Gasteiger partial charge in [0.05, 0.1) is 17.6 Å². The normalized spacial score (nSPS) is 21.5. The minimum absolute atomic E-state index is 0.139. The van der Waals surface area contributed by atoms with Gasteiger partial charge in [-0.05, 0) is 50.8 Å². The first-order valence-corrected chi connectivity index (χ1v) is 7.64. The van der Waals surface area contributed by atoms with Crippen molar-refractivity contribution in [2.24, 2.45) is 0 Å². The van der Waals surface area contributed by atoms with Gasteiger partial charge in [-0.15, -0.1) is 11.3 Å². The summed E-state index contributed by atoms with van der Waals surface area (Å²) in [6, 6.07) is 1.32. The zero-order valence-corrected chi connectivity index (χ0v) is 13.6. The van der Waals surface area contributed by atoms with E-state index in [1.807, 2.05) is 0 Å². The van der Waals surface area contributed by atoms with Gasteiger partial charge >= 0.3 is 13.3 Å². The Kier molecular flexibility index (Phi) is 4.50. The second-order valence-corrected chi connectivity index (χ2v) is 7.25. The van der Waals surface area contributed by atoms with Gasteiger partial charge in [0.2, 0.25) is 0 Å². The lowest BCUT2D eigenvalue weighted by Gasteiger charge is -2.32. The van der Waals surface area contributed by atoms with Crippen molar-refractivity contribution in [2.75, 3.05) is 0 Å². The second kappa shape index (κ2) is 5.65. The predicted octanol–water partition coefficient (Wildman–Crippen LogP) is 4.79. The Morgan fingerprint density at radius 1 is 1.23 bits per heavy atom. The van der Waals surface area contributed by atoms with E-state index in [9.17, 15) is 17.6 Å².